The van der Waals surface area contributed by atoms with Gasteiger partial charge in [-0.05, 0) is 139 Å². The monoisotopic (exact) mass is 1260 g/mol. The quantitative estimate of drug-likeness (QED) is 0.0178. The van der Waals surface area contributed by atoms with Crippen LogP contribution in [0.25, 0.3) is 0 Å². The molecule has 3 aromatic carbocycles. The first-order chi connectivity index (χ1) is 44.2. The first kappa shape index (κ1) is 74.1. The molecule has 0 radical (unpaired) electrons. The number of carbonyl (C=O) groups is 3. The highest BCUT2D eigenvalue weighted by Gasteiger charge is 2.24. The molecule has 0 aliphatic heterocycles. The molecule has 486 valence electrons. The molecule has 24 heteroatoms. The zero-order chi connectivity index (χ0) is 67.9. The Kier molecular flexibility index (Phi) is 30.8. The van der Waals surface area contributed by atoms with Gasteiger partial charge in [-0.15, -0.1) is 15.3 Å². The van der Waals surface area contributed by atoms with Gasteiger partial charge in [0.2, 0.25) is 17.6 Å². The minimum Gasteiger partial charge on any atom is -0.493 e. The average Bonchev–Trinajstić information content (AvgIpc) is 0.873. The van der Waals surface area contributed by atoms with Crippen molar-refractivity contribution in [1.29, 1.82) is 15.8 Å². The molecule has 6 rings (SSSR count). The van der Waals surface area contributed by atoms with Gasteiger partial charge in [0.25, 0.3) is 16.7 Å². The largest absolute Gasteiger partial charge is 0.493 e. The SMILES string of the molecule is CCCCC(CC)Cn1c(O)c(C#N)c(C)c(N=Nc2ccc(C(=O)OCC)cc2)c1=O.CCCCCCn1c(O)c(C#N)c(C)c(N=Nc2ccc(C(=O)OCCCC)cc2)c1=O.CCCCc1c(C#N)c(O)n(C)c(=O)c1N=Nc1ccc(C(=O)OCC)cc1. The molecule has 0 aliphatic rings. The van der Waals surface area contributed by atoms with Crippen LogP contribution in [0.2, 0.25) is 0 Å². The maximum atomic E-state index is 13.1. The molecule has 0 aliphatic carbocycles. The third-order valence-electron chi connectivity index (χ3n) is 14.7. The van der Waals surface area contributed by atoms with Crippen LogP contribution in [0, 0.1) is 53.8 Å². The Bertz CT molecular complexity index is 3900. The maximum absolute atomic E-state index is 13.1. The van der Waals surface area contributed by atoms with Crippen molar-refractivity contribution in [2.75, 3.05) is 19.8 Å². The highest BCUT2D eigenvalue weighted by Crippen LogP contribution is 2.32. The predicted octanol–water partition coefficient (Wildman–Crippen LogP) is 15.1. The molecule has 0 spiro atoms. The first-order valence-electron chi connectivity index (χ1n) is 30.9. The number of ether oxygens (including phenoxy) is 3. The standard InChI is InChI=1S/2C24H30N4O4.C20H22N4O4/c1-5-8-9-17(6-2)15-28-22(29)20(14-25)16(4)21(23(28)30)27-26-19-12-10-18(11-13-19)24(31)32-7-3;1-4-6-8-9-14-28-22(29)20(16-25)17(3)21(23(28)30)27-26-19-12-10-18(11-13-19)24(31)32-15-7-5-2;1-4-6-7-15-16(12-21)18(25)24(3)19(26)17(15)23-22-14-10-8-13(9-11-14)20(27)28-5-2/h10-13,17,29H,5-9,15H2,1-4H3;10-13,29H,4-9,14-15H2,1-3H3;8-11,25H,4-7H2,1-3H3. The topological polar surface area (TPSA) is 351 Å². The van der Waals surface area contributed by atoms with E-state index in [1.165, 1.54) is 16.2 Å². The normalized spacial score (nSPS) is 11.2. The summed E-state index contributed by atoms with van der Waals surface area (Å²) in [5.41, 5.74) is 2.03. The van der Waals surface area contributed by atoms with Gasteiger partial charge < -0.3 is 29.5 Å². The van der Waals surface area contributed by atoms with Gasteiger partial charge in [-0.1, -0.05) is 86.0 Å². The summed E-state index contributed by atoms with van der Waals surface area (Å²) in [6, 6.07) is 24.8. The Morgan fingerprint density at radius 1 is 0.489 bits per heavy atom. The summed E-state index contributed by atoms with van der Waals surface area (Å²) >= 11 is 0. The van der Waals surface area contributed by atoms with Crippen molar-refractivity contribution >= 4 is 52.0 Å². The lowest BCUT2D eigenvalue weighted by Crippen LogP contribution is -2.25. The van der Waals surface area contributed by atoms with E-state index in [1.54, 1.807) is 100 Å². The van der Waals surface area contributed by atoms with E-state index in [1.807, 2.05) is 39.0 Å². The van der Waals surface area contributed by atoms with Crippen LogP contribution >= 0.6 is 0 Å². The fourth-order valence-electron chi connectivity index (χ4n) is 9.12. The Morgan fingerprint density at radius 3 is 1.32 bits per heavy atom. The molecule has 0 bridgehead atoms. The van der Waals surface area contributed by atoms with Crippen molar-refractivity contribution in [3.63, 3.8) is 0 Å². The van der Waals surface area contributed by atoms with E-state index >= 15 is 0 Å². The number of unbranched alkanes of at least 4 members (excludes halogenated alkanes) is 6. The van der Waals surface area contributed by atoms with Crippen molar-refractivity contribution in [2.24, 2.45) is 43.7 Å². The lowest BCUT2D eigenvalue weighted by molar-refractivity contribution is 0.0495. The third kappa shape index (κ3) is 20.3. The number of benzene rings is 3. The molecule has 6 aromatic rings. The van der Waals surface area contributed by atoms with E-state index < -0.39 is 34.6 Å². The number of aromatic nitrogens is 3. The molecule has 0 saturated heterocycles. The third-order valence-corrected chi connectivity index (χ3v) is 14.7. The average molecular weight is 1260 g/mol. The smallest absolute Gasteiger partial charge is 0.338 e. The molecule has 1 atom stereocenters. The summed E-state index contributed by atoms with van der Waals surface area (Å²) in [6.45, 7) is 18.4. The van der Waals surface area contributed by atoms with Gasteiger partial charge in [-0.25, -0.2) is 14.4 Å². The van der Waals surface area contributed by atoms with Crippen molar-refractivity contribution in [1.82, 2.24) is 13.7 Å². The second-order valence-corrected chi connectivity index (χ2v) is 21.2. The van der Waals surface area contributed by atoms with Crippen LogP contribution in [0.3, 0.4) is 0 Å². The minimum atomic E-state index is -0.533. The summed E-state index contributed by atoms with van der Waals surface area (Å²) in [5, 5.41) is 84.0. The molecule has 0 saturated carbocycles. The molecular formula is C68H82N12O12. The second-order valence-electron chi connectivity index (χ2n) is 21.2. The number of carbonyl (C=O) groups excluding carboxylic acids is 3. The summed E-state index contributed by atoms with van der Waals surface area (Å²) in [6.07, 6.45) is 11.3. The number of esters is 3. The number of pyridine rings is 3. The van der Waals surface area contributed by atoms with Gasteiger partial charge >= 0.3 is 17.9 Å². The number of aromatic hydroxyl groups is 3. The lowest BCUT2D eigenvalue weighted by atomic mass is 9.99. The van der Waals surface area contributed by atoms with E-state index in [4.69, 9.17) is 14.2 Å². The van der Waals surface area contributed by atoms with Crippen LogP contribution in [-0.4, -0.2) is 66.7 Å². The summed E-state index contributed by atoms with van der Waals surface area (Å²) in [7, 11) is 1.37. The van der Waals surface area contributed by atoms with Crippen LogP contribution < -0.4 is 16.7 Å². The summed E-state index contributed by atoms with van der Waals surface area (Å²) in [4.78, 5) is 74.0. The molecule has 3 aromatic heterocycles. The maximum Gasteiger partial charge on any atom is 0.338 e. The Labute approximate surface area is 535 Å². The van der Waals surface area contributed by atoms with Gasteiger partial charge in [0.1, 0.15) is 34.9 Å². The molecule has 3 N–H and O–H groups in total. The second kappa shape index (κ2) is 38.2. The Balaban J connectivity index is 0.000000295. The van der Waals surface area contributed by atoms with Gasteiger partial charge in [-0.2, -0.15) is 31.1 Å². The Morgan fingerprint density at radius 2 is 0.902 bits per heavy atom. The van der Waals surface area contributed by atoms with Gasteiger partial charge in [0, 0.05) is 36.8 Å². The molecule has 24 nitrogen and oxygen atoms in total. The van der Waals surface area contributed by atoms with E-state index in [2.05, 4.69) is 44.5 Å². The highest BCUT2D eigenvalue weighted by molar-refractivity contribution is 5.90. The number of hydrogen-bond donors (Lipinski definition) is 3. The van der Waals surface area contributed by atoms with Crippen LogP contribution in [0.1, 0.15) is 190 Å². The molecule has 1 unspecified atom stereocenters. The van der Waals surface area contributed by atoms with E-state index in [0.29, 0.717) is 71.9 Å². The number of rotatable bonds is 28. The van der Waals surface area contributed by atoms with Gasteiger partial charge in [0.05, 0.1) is 53.6 Å². The van der Waals surface area contributed by atoms with Gasteiger partial charge in [-0.3, -0.25) is 28.1 Å². The summed E-state index contributed by atoms with van der Waals surface area (Å²) < 4.78 is 18.4. The van der Waals surface area contributed by atoms with Crippen LogP contribution in [-0.2, 0) is 40.8 Å². The predicted molar refractivity (Wildman–Crippen MR) is 347 cm³/mol. The van der Waals surface area contributed by atoms with E-state index in [0.717, 1.165) is 75.2 Å². The van der Waals surface area contributed by atoms with Crippen molar-refractivity contribution in [3.05, 3.63) is 154 Å². The summed E-state index contributed by atoms with van der Waals surface area (Å²) in [5.74, 6) is -2.11. The minimum absolute atomic E-state index is 0.0119. The van der Waals surface area contributed by atoms with Crippen molar-refractivity contribution in [3.8, 4) is 35.8 Å². The van der Waals surface area contributed by atoms with Crippen LogP contribution in [0.15, 0.2) is 118 Å². The zero-order valence-corrected chi connectivity index (χ0v) is 54.1. The van der Waals surface area contributed by atoms with Crippen molar-refractivity contribution < 1.29 is 43.9 Å². The number of nitrogens with zero attached hydrogens (tertiary/aromatic N) is 12. The number of azo groups is 3. The Hall–Kier alpha value is -10.4. The van der Waals surface area contributed by atoms with Crippen LogP contribution in [0.5, 0.6) is 17.6 Å². The van der Waals surface area contributed by atoms with Crippen LogP contribution in [0.4, 0.5) is 34.1 Å². The van der Waals surface area contributed by atoms with E-state index in [9.17, 15) is 59.9 Å². The fraction of sp³-hybridized carbons (Fsp3) is 0.426. The number of nitriles is 3. The van der Waals surface area contributed by atoms with Gasteiger partial charge in [0.15, 0.2) is 17.1 Å². The molecule has 0 amide bonds. The molecule has 3 heterocycles. The molecule has 92 heavy (non-hydrogen) atoms. The van der Waals surface area contributed by atoms with E-state index in [-0.39, 0.29) is 81.7 Å². The van der Waals surface area contributed by atoms with Crippen molar-refractivity contribution in [2.45, 2.75) is 159 Å². The zero-order valence-electron chi connectivity index (χ0n) is 54.1. The highest BCUT2D eigenvalue weighted by atomic mass is 16.5. The first-order valence-corrected chi connectivity index (χ1v) is 30.9. The fourth-order valence-corrected chi connectivity index (χ4v) is 9.12. The molecular weight excluding hydrogens is 1180 g/mol. The molecule has 0 fully saturated rings. The number of hydrogen-bond acceptors (Lipinski definition) is 21. The lowest BCUT2D eigenvalue weighted by Gasteiger charge is -2.19.